The molecule has 0 atom stereocenters. The predicted molar refractivity (Wildman–Crippen MR) is 149 cm³/mol. The number of hydrogen-bond donors (Lipinski definition) is 3. The van der Waals surface area contributed by atoms with Gasteiger partial charge in [-0.2, -0.15) is 5.10 Å². The molecule has 1 aromatic heterocycles. The van der Waals surface area contributed by atoms with E-state index in [-0.39, 0.29) is 6.54 Å². The third-order valence-electron chi connectivity index (χ3n) is 6.48. The summed E-state index contributed by atoms with van der Waals surface area (Å²) < 4.78 is 1.66. The Kier molecular flexibility index (Phi) is 7.52. The summed E-state index contributed by atoms with van der Waals surface area (Å²) in [7, 11) is 1.79. The van der Waals surface area contributed by atoms with Crippen LogP contribution in [0.2, 0.25) is 0 Å². The summed E-state index contributed by atoms with van der Waals surface area (Å²) in [6.07, 6.45) is 0.405. The average Bonchev–Trinajstić information content (AvgIpc) is 3.24. The van der Waals surface area contributed by atoms with E-state index in [1.165, 1.54) is 0 Å². The van der Waals surface area contributed by atoms with Gasteiger partial charge in [-0.25, -0.2) is 4.79 Å². The number of carbonyl (C=O) groups excluding carboxylic acids is 1. The van der Waals surface area contributed by atoms with E-state index >= 15 is 0 Å². The first kappa shape index (κ1) is 26.5. The van der Waals surface area contributed by atoms with Crippen LogP contribution in [0.3, 0.4) is 0 Å². The highest BCUT2D eigenvalue weighted by Gasteiger charge is 2.38. The lowest BCUT2D eigenvalue weighted by Gasteiger charge is -2.38. The van der Waals surface area contributed by atoms with Crippen molar-refractivity contribution in [2.24, 2.45) is 7.05 Å². The van der Waals surface area contributed by atoms with Crippen molar-refractivity contribution in [1.82, 2.24) is 14.7 Å². The zero-order chi connectivity index (χ0) is 27.3. The second-order valence-corrected chi connectivity index (χ2v) is 10.1. The number of hydrogen-bond acceptors (Lipinski definition) is 4. The van der Waals surface area contributed by atoms with E-state index in [1.807, 2.05) is 54.6 Å². The van der Waals surface area contributed by atoms with E-state index < -0.39 is 23.1 Å². The maximum atomic E-state index is 13.0. The summed E-state index contributed by atoms with van der Waals surface area (Å²) >= 11 is 0. The van der Waals surface area contributed by atoms with Gasteiger partial charge in [0.2, 0.25) is 5.91 Å². The van der Waals surface area contributed by atoms with Gasteiger partial charge in [-0.1, -0.05) is 91.0 Å². The Labute approximate surface area is 222 Å². The molecule has 0 unspecified atom stereocenters. The number of aryl methyl sites for hydroxylation is 1. The van der Waals surface area contributed by atoms with Crippen LogP contribution in [0.5, 0.6) is 0 Å². The number of anilines is 2. The molecule has 8 heteroatoms. The number of aromatic nitrogens is 2. The SMILES string of the molecule is Cn1ncc(NC(=O)CN(C(=O)O)C(C)(C)C)c1NC(c1ccccc1)(c1ccccc1)c1ccccc1. The number of nitrogens with one attached hydrogen (secondary N) is 2. The molecular weight excluding hydrogens is 478 g/mol. The van der Waals surface area contributed by atoms with Gasteiger partial charge in [0.1, 0.15) is 23.6 Å². The Morgan fingerprint density at radius 1 is 0.842 bits per heavy atom. The van der Waals surface area contributed by atoms with Crippen molar-refractivity contribution < 1.29 is 14.7 Å². The van der Waals surface area contributed by atoms with Crippen molar-refractivity contribution in [3.63, 3.8) is 0 Å². The first-order chi connectivity index (χ1) is 18.1. The smallest absolute Gasteiger partial charge is 0.408 e. The van der Waals surface area contributed by atoms with Crippen LogP contribution in [0.15, 0.2) is 97.2 Å². The standard InChI is InChI=1S/C30H33N5O3/c1-29(2,3)35(28(37)38)21-26(36)32-25-20-31-34(4)27(25)33-30(22-14-8-5-9-15-22,23-16-10-6-11-17-23)24-18-12-7-13-19-24/h5-20,33H,21H2,1-4H3,(H,32,36)(H,37,38). The van der Waals surface area contributed by atoms with Gasteiger partial charge in [0.05, 0.1) is 6.20 Å². The van der Waals surface area contributed by atoms with Gasteiger partial charge >= 0.3 is 6.09 Å². The van der Waals surface area contributed by atoms with Crippen molar-refractivity contribution in [2.75, 3.05) is 17.2 Å². The fourth-order valence-corrected chi connectivity index (χ4v) is 4.56. The number of carboxylic acid groups (broad SMARTS) is 1. The highest BCUT2D eigenvalue weighted by Crippen LogP contribution is 2.41. The molecule has 4 aromatic rings. The molecule has 0 bridgehead atoms. The van der Waals surface area contributed by atoms with Crippen molar-refractivity contribution >= 4 is 23.5 Å². The molecule has 0 aliphatic carbocycles. The van der Waals surface area contributed by atoms with Gasteiger partial charge in [0, 0.05) is 12.6 Å². The molecule has 0 saturated heterocycles. The van der Waals surface area contributed by atoms with E-state index in [0.717, 1.165) is 21.6 Å². The van der Waals surface area contributed by atoms with E-state index in [1.54, 1.807) is 38.7 Å². The van der Waals surface area contributed by atoms with Crippen LogP contribution in [0.1, 0.15) is 37.5 Å². The fourth-order valence-electron chi connectivity index (χ4n) is 4.56. The van der Waals surface area contributed by atoms with Crippen LogP contribution < -0.4 is 10.6 Å². The predicted octanol–water partition coefficient (Wildman–Crippen LogP) is 5.54. The van der Waals surface area contributed by atoms with Crippen molar-refractivity contribution in [2.45, 2.75) is 31.8 Å². The van der Waals surface area contributed by atoms with Gasteiger partial charge in [0.15, 0.2) is 0 Å². The zero-order valence-electron chi connectivity index (χ0n) is 22.1. The lowest BCUT2D eigenvalue weighted by Crippen LogP contribution is -2.48. The molecular formula is C30H33N5O3. The van der Waals surface area contributed by atoms with E-state index in [4.69, 9.17) is 0 Å². The lowest BCUT2D eigenvalue weighted by molar-refractivity contribution is -0.118. The zero-order valence-corrected chi connectivity index (χ0v) is 22.1. The van der Waals surface area contributed by atoms with Crippen LogP contribution >= 0.6 is 0 Å². The monoisotopic (exact) mass is 511 g/mol. The third kappa shape index (κ3) is 5.39. The molecule has 0 fully saturated rings. The average molecular weight is 512 g/mol. The minimum atomic E-state index is -1.16. The van der Waals surface area contributed by atoms with Gasteiger partial charge in [-0.15, -0.1) is 0 Å². The van der Waals surface area contributed by atoms with Crippen LogP contribution in [-0.2, 0) is 17.4 Å². The van der Waals surface area contributed by atoms with Crippen LogP contribution in [0, 0.1) is 0 Å². The second-order valence-electron chi connectivity index (χ2n) is 10.1. The van der Waals surface area contributed by atoms with Gasteiger partial charge in [-0.3, -0.25) is 14.4 Å². The summed E-state index contributed by atoms with van der Waals surface area (Å²) in [6, 6.07) is 30.3. The molecule has 0 aliphatic heterocycles. The topological polar surface area (TPSA) is 99.5 Å². The second kappa shape index (κ2) is 10.8. The Balaban J connectivity index is 1.80. The summed E-state index contributed by atoms with van der Waals surface area (Å²) in [5.41, 5.74) is 1.89. The van der Waals surface area contributed by atoms with Gasteiger partial charge in [0.25, 0.3) is 0 Å². The van der Waals surface area contributed by atoms with Crippen LogP contribution in [0.4, 0.5) is 16.3 Å². The molecule has 4 rings (SSSR count). The highest BCUT2D eigenvalue weighted by molar-refractivity contribution is 5.96. The van der Waals surface area contributed by atoms with Crippen molar-refractivity contribution in [3.05, 3.63) is 114 Å². The van der Waals surface area contributed by atoms with E-state index in [0.29, 0.717) is 11.5 Å². The Morgan fingerprint density at radius 2 is 1.29 bits per heavy atom. The summed E-state index contributed by atoms with van der Waals surface area (Å²) in [5.74, 6) is 0.121. The molecule has 0 radical (unpaired) electrons. The third-order valence-corrected chi connectivity index (χ3v) is 6.48. The molecule has 0 saturated carbocycles. The van der Waals surface area contributed by atoms with Gasteiger partial charge < -0.3 is 15.7 Å². The summed E-state index contributed by atoms with van der Waals surface area (Å²) in [6.45, 7) is 4.94. The molecule has 8 nitrogen and oxygen atoms in total. The number of amides is 2. The molecule has 0 spiro atoms. The Morgan fingerprint density at radius 3 is 1.68 bits per heavy atom. The van der Waals surface area contributed by atoms with E-state index in [9.17, 15) is 14.7 Å². The molecule has 2 amide bonds. The summed E-state index contributed by atoms with van der Waals surface area (Å²) in [5, 5.41) is 20.6. The Hall–Kier alpha value is -4.59. The van der Waals surface area contributed by atoms with Crippen molar-refractivity contribution in [1.29, 1.82) is 0 Å². The molecule has 0 aliphatic rings. The maximum absolute atomic E-state index is 13.0. The fraction of sp³-hybridized carbons (Fsp3) is 0.233. The minimum Gasteiger partial charge on any atom is -0.465 e. The van der Waals surface area contributed by atoms with Crippen LogP contribution in [0.25, 0.3) is 0 Å². The van der Waals surface area contributed by atoms with Crippen LogP contribution in [-0.4, -0.2) is 43.9 Å². The summed E-state index contributed by atoms with van der Waals surface area (Å²) in [4.78, 5) is 25.9. The molecule has 196 valence electrons. The molecule has 3 N–H and O–H groups in total. The Bertz CT molecular complexity index is 1280. The minimum absolute atomic E-state index is 0.311. The molecule has 3 aromatic carbocycles. The largest absolute Gasteiger partial charge is 0.465 e. The van der Waals surface area contributed by atoms with Gasteiger partial charge in [-0.05, 0) is 37.5 Å². The number of nitrogens with zero attached hydrogens (tertiary/aromatic N) is 3. The first-order valence-corrected chi connectivity index (χ1v) is 12.4. The quantitative estimate of drug-likeness (QED) is 0.270. The normalized spacial score (nSPS) is 11.6. The first-order valence-electron chi connectivity index (χ1n) is 12.4. The lowest BCUT2D eigenvalue weighted by atomic mass is 9.77. The van der Waals surface area contributed by atoms with E-state index in [2.05, 4.69) is 52.1 Å². The molecule has 1 heterocycles. The maximum Gasteiger partial charge on any atom is 0.408 e. The molecule has 38 heavy (non-hydrogen) atoms. The highest BCUT2D eigenvalue weighted by atomic mass is 16.4. The van der Waals surface area contributed by atoms with Crippen molar-refractivity contribution in [3.8, 4) is 0 Å². The number of carbonyl (C=O) groups is 2. The number of rotatable bonds is 8. The number of benzene rings is 3.